The van der Waals surface area contributed by atoms with E-state index in [1.165, 1.54) is 0 Å². The van der Waals surface area contributed by atoms with E-state index in [4.69, 9.17) is 4.42 Å². The Morgan fingerprint density at radius 1 is 1.35 bits per heavy atom. The molecule has 1 unspecified atom stereocenters. The van der Waals surface area contributed by atoms with Crippen molar-refractivity contribution >= 4 is 27.7 Å². The normalized spacial score (nSPS) is 12.7. The molecule has 0 bridgehead atoms. The van der Waals surface area contributed by atoms with E-state index >= 15 is 0 Å². The number of furan rings is 1. The molecular weight excluding hydrogens is 300 g/mol. The van der Waals surface area contributed by atoms with Gasteiger partial charge in [-0.05, 0) is 37.6 Å². The Kier molecular flexibility index (Phi) is 3.97. The third kappa shape index (κ3) is 2.94. The van der Waals surface area contributed by atoms with Gasteiger partial charge in [0.05, 0.1) is 17.3 Å². The lowest BCUT2D eigenvalue weighted by atomic mass is 10.1. The largest absolute Gasteiger partial charge is 0.468 e. The highest BCUT2D eigenvalue weighted by atomic mass is 79.9. The van der Waals surface area contributed by atoms with Crippen molar-refractivity contribution < 1.29 is 9.52 Å². The maximum Gasteiger partial charge on any atom is 0.114 e. The number of aliphatic hydroxyl groups is 1. The first-order valence-corrected chi connectivity index (χ1v) is 6.88. The van der Waals surface area contributed by atoms with E-state index in [9.17, 15) is 5.11 Å². The average Bonchev–Trinajstić information content (AvgIpc) is 2.64. The number of benzene rings is 1. The number of rotatable bonds is 3. The lowest BCUT2D eigenvalue weighted by Crippen LogP contribution is -1.92. The molecule has 0 saturated heterocycles. The zero-order valence-corrected chi connectivity index (χ0v) is 12.0. The predicted molar refractivity (Wildman–Crippen MR) is 72.3 cm³/mol. The SMILES string of the molecule is Cc1occc1Sc1ccc(C(C)O)c(Br)c1. The van der Waals surface area contributed by atoms with Crippen LogP contribution in [0.25, 0.3) is 0 Å². The summed E-state index contributed by atoms with van der Waals surface area (Å²) in [6, 6.07) is 7.91. The van der Waals surface area contributed by atoms with Gasteiger partial charge in [-0.25, -0.2) is 0 Å². The minimum absolute atomic E-state index is 0.459. The highest BCUT2D eigenvalue weighted by Gasteiger charge is 2.09. The van der Waals surface area contributed by atoms with E-state index in [2.05, 4.69) is 15.9 Å². The molecular formula is C13H13BrO2S. The van der Waals surface area contributed by atoms with Gasteiger partial charge in [-0.2, -0.15) is 0 Å². The fourth-order valence-electron chi connectivity index (χ4n) is 1.52. The first kappa shape index (κ1) is 12.7. The van der Waals surface area contributed by atoms with Gasteiger partial charge in [0.2, 0.25) is 0 Å². The van der Waals surface area contributed by atoms with Gasteiger partial charge in [-0.15, -0.1) is 0 Å². The van der Waals surface area contributed by atoms with Crippen LogP contribution in [0.15, 0.2) is 49.2 Å². The Morgan fingerprint density at radius 2 is 2.12 bits per heavy atom. The lowest BCUT2D eigenvalue weighted by Gasteiger charge is -2.09. The summed E-state index contributed by atoms with van der Waals surface area (Å²) in [6.45, 7) is 3.70. The van der Waals surface area contributed by atoms with Gasteiger partial charge in [-0.3, -0.25) is 0 Å². The van der Waals surface area contributed by atoms with Crippen molar-refractivity contribution in [3.63, 3.8) is 0 Å². The highest BCUT2D eigenvalue weighted by Crippen LogP contribution is 2.34. The van der Waals surface area contributed by atoms with Gasteiger partial charge >= 0.3 is 0 Å². The molecule has 0 fully saturated rings. The molecule has 0 spiro atoms. The van der Waals surface area contributed by atoms with Crippen LogP contribution in [0.4, 0.5) is 0 Å². The summed E-state index contributed by atoms with van der Waals surface area (Å²) in [5.41, 5.74) is 0.901. The van der Waals surface area contributed by atoms with Crippen LogP contribution >= 0.6 is 27.7 Å². The maximum absolute atomic E-state index is 9.54. The molecule has 0 aliphatic rings. The van der Waals surface area contributed by atoms with Crippen LogP contribution in [0, 0.1) is 6.92 Å². The van der Waals surface area contributed by atoms with Gasteiger partial charge < -0.3 is 9.52 Å². The van der Waals surface area contributed by atoms with Gasteiger partial charge in [-0.1, -0.05) is 33.8 Å². The lowest BCUT2D eigenvalue weighted by molar-refractivity contribution is 0.198. The molecule has 2 rings (SSSR count). The molecule has 1 aromatic carbocycles. The number of halogens is 1. The number of aryl methyl sites for hydroxylation is 1. The van der Waals surface area contributed by atoms with E-state index in [1.54, 1.807) is 24.9 Å². The number of hydrogen-bond acceptors (Lipinski definition) is 3. The van der Waals surface area contributed by atoms with Crippen LogP contribution in [-0.4, -0.2) is 5.11 Å². The molecule has 0 radical (unpaired) electrons. The summed E-state index contributed by atoms with van der Waals surface area (Å²) in [7, 11) is 0. The fraction of sp³-hybridized carbons (Fsp3) is 0.231. The van der Waals surface area contributed by atoms with E-state index in [0.29, 0.717) is 0 Å². The predicted octanol–water partition coefficient (Wildman–Crippen LogP) is 4.56. The van der Waals surface area contributed by atoms with Crippen molar-refractivity contribution in [1.82, 2.24) is 0 Å². The fourth-order valence-corrected chi connectivity index (χ4v) is 3.26. The molecule has 1 atom stereocenters. The minimum atomic E-state index is -0.459. The highest BCUT2D eigenvalue weighted by molar-refractivity contribution is 9.10. The van der Waals surface area contributed by atoms with Crippen LogP contribution in [0.3, 0.4) is 0 Å². The van der Waals surface area contributed by atoms with Gasteiger partial charge in [0.25, 0.3) is 0 Å². The topological polar surface area (TPSA) is 33.4 Å². The number of hydrogen-bond donors (Lipinski definition) is 1. The monoisotopic (exact) mass is 312 g/mol. The Hall–Kier alpha value is -0.710. The third-order valence-corrected chi connectivity index (χ3v) is 4.28. The summed E-state index contributed by atoms with van der Waals surface area (Å²) >= 11 is 5.12. The molecule has 17 heavy (non-hydrogen) atoms. The summed E-state index contributed by atoms with van der Waals surface area (Å²) in [5, 5.41) is 9.54. The first-order chi connectivity index (χ1) is 8.08. The van der Waals surface area contributed by atoms with Crippen LogP contribution in [0.5, 0.6) is 0 Å². The zero-order chi connectivity index (χ0) is 12.4. The second-order valence-corrected chi connectivity index (χ2v) is 5.77. The summed E-state index contributed by atoms with van der Waals surface area (Å²) in [4.78, 5) is 2.23. The van der Waals surface area contributed by atoms with Crippen molar-refractivity contribution in [2.24, 2.45) is 0 Å². The van der Waals surface area contributed by atoms with Crippen molar-refractivity contribution in [1.29, 1.82) is 0 Å². The quantitative estimate of drug-likeness (QED) is 0.902. The van der Waals surface area contributed by atoms with Crippen molar-refractivity contribution in [3.8, 4) is 0 Å². The van der Waals surface area contributed by atoms with E-state index < -0.39 is 6.10 Å². The molecule has 2 nitrogen and oxygen atoms in total. The van der Waals surface area contributed by atoms with Crippen molar-refractivity contribution in [2.75, 3.05) is 0 Å². The Labute approximate surface area is 113 Å². The molecule has 90 valence electrons. The Morgan fingerprint density at radius 3 is 2.65 bits per heavy atom. The smallest absolute Gasteiger partial charge is 0.114 e. The van der Waals surface area contributed by atoms with E-state index in [-0.39, 0.29) is 0 Å². The molecule has 0 saturated carbocycles. The zero-order valence-electron chi connectivity index (χ0n) is 9.61. The van der Waals surface area contributed by atoms with E-state index in [1.807, 2.05) is 31.2 Å². The molecule has 4 heteroatoms. The first-order valence-electron chi connectivity index (χ1n) is 5.27. The minimum Gasteiger partial charge on any atom is -0.468 e. The van der Waals surface area contributed by atoms with Crippen molar-refractivity contribution in [2.45, 2.75) is 29.7 Å². The molecule has 1 aromatic heterocycles. The molecule has 0 amide bonds. The second kappa shape index (κ2) is 5.29. The van der Waals surface area contributed by atoms with Gasteiger partial charge in [0, 0.05) is 9.37 Å². The molecule has 0 aliphatic heterocycles. The summed E-state index contributed by atoms with van der Waals surface area (Å²) in [5.74, 6) is 0.922. The van der Waals surface area contributed by atoms with Crippen LogP contribution < -0.4 is 0 Å². The molecule has 1 heterocycles. The average molecular weight is 313 g/mol. The van der Waals surface area contributed by atoms with Crippen LogP contribution in [0.2, 0.25) is 0 Å². The second-order valence-electron chi connectivity index (χ2n) is 3.80. The van der Waals surface area contributed by atoms with Crippen molar-refractivity contribution in [3.05, 3.63) is 46.3 Å². The third-order valence-electron chi connectivity index (χ3n) is 2.46. The van der Waals surface area contributed by atoms with Crippen LogP contribution in [-0.2, 0) is 0 Å². The Bertz CT molecular complexity index is 520. The van der Waals surface area contributed by atoms with E-state index in [0.717, 1.165) is 25.6 Å². The molecule has 0 aliphatic carbocycles. The van der Waals surface area contributed by atoms with Gasteiger partial charge in [0.15, 0.2) is 0 Å². The van der Waals surface area contributed by atoms with Gasteiger partial charge in [0.1, 0.15) is 5.76 Å². The summed E-state index contributed by atoms with van der Waals surface area (Å²) < 4.78 is 6.19. The summed E-state index contributed by atoms with van der Waals surface area (Å²) in [6.07, 6.45) is 1.23. The molecule has 2 aromatic rings. The maximum atomic E-state index is 9.54. The van der Waals surface area contributed by atoms with Crippen LogP contribution in [0.1, 0.15) is 24.4 Å². The molecule has 1 N–H and O–H groups in total. The number of aliphatic hydroxyl groups excluding tert-OH is 1. The standard InChI is InChI=1S/C13H13BrO2S/c1-8(15)11-4-3-10(7-12(11)14)17-13-5-6-16-9(13)2/h3-8,15H,1-2H3. The Balaban J connectivity index is 2.24.